The number of nitrogens with zero attached hydrogens (tertiary/aromatic N) is 1. The van der Waals surface area contributed by atoms with E-state index in [-0.39, 0.29) is 0 Å². The summed E-state index contributed by atoms with van der Waals surface area (Å²) in [5, 5.41) is 5.07. The number of rotatable bonds is 6. The highest BCUT2D eigenvalue weighted by molar-refractivity contribution is 6.30. The molecular formula is C17H19ClN2O2. The van der Waals surface area contributed by atoms with E-state index in [0.717, 1.165) is 34.9 Å². The Kier molecular flexibility index (Phi) is 5.67. The van der Waals surface area contributed by atoms with E-state index in [1.54, 1.807) is 14.2 Å². The van der Waals surface area contributed by atoms with Gasteiger partial charge in [0.25, 0.3) is 0 Å². The average molecular weight is 319 g/mol. The van der Waals surface area contributed by atoms with Crippen molar-refractivity contribution in [2.24, 2.45) is 5.10 Å². The molecule has 22 heavy (non-hydrogen) atoms. The summed E-state index contributed by atoms with van der Waals surface area (Å²) in [5.74, 6) is 1.44. The van der Waals surface area contributed by atoms with Gasteiger partial charge in [0.15, 0.2) is 11.5 Å². The number of hydrazone groups is 1. The minimum Gasteiger partial charge on any atom is -0.493 e. The van der Waals surface area contributed by atoms with Crippen LogP contribution in [-0.2, 0) is 6.42 Å². The summed E-state index contributed by atoms with van der Waals surface area (Å²) >= 11 is 5.85. The van der Waals surface area contributed by atoms with Crippen LogP contribution >= 0.6 is 11.6 Å². The normalized spacial score (nSPS) is 11.2. The molecular weight excluding hydrogens is 300 g/mol. The first-order valence-corrected chi connectivity index (χ1v) is 7.26. The molecule has 4 nitrogen and oxygen atoms in total. The van der Waals surface area contributed by atoms with Crippen LogP contribution in [0.25, 0.3) is 0 Å². The summed E-state index contributed by atoms with van der Waals surface area (Å²) in [4.78, 5) is 0. The lowest BCUT2D eigenvalue weighted by Gasteiger charge is -2.09. The molecule has 0 aliphatic carbocycles. The second-order valence-corrected chi connectivity index (χ2v) is 5.27. The molecule has 2 rings (SSSR count). The first-order valence-electron chi connectivity index (χ1n) is 6.88. The van der Waals surface area contributed by atoms with Crippen molar-refractivity contribution >= 4 is 23.0 Å². The Morgan fingerprint density at radius 1 is 1.05 bits per heavy atom. The third-order valence-electron chi connectivity index (χ3n) is 3.13. The highest BCUT2D eigenvalue weighted by Crippen LogP contribution is 2.27. The predicted molar refractivity (Wildman–Crippen MR) is 91.4 cm³/mol. The first kappa shape index (κ1) is 16.2. The zero-order valence-electron chi connectivity index (χ0n) is 12.9. The van der Waals surface area contributed by atoms with Crippen LogP contribution in [0.4, 0.5) is 5.69 Å². The SMILES string of the molecule is COc1ccc(C/C(C)=N\Nc2ccc(Cl)cc2)cc1OC. The van der Waals surface area contributed by atoms with E-state index in [4.69, 9.17) is 21.1 Å². The predicted octanol–water partition coefficient (Wildman–Crippen LogP) is 4.39. The van der Waals surface area contributed by atoms with Crippen molar-refractivity contribution < 1.29 is 9.47 Å². The molecule has 5 heteroatoms. The van der Waals surface area contributed by atoms with Gasteiger partial charge in [-0.05, 0) is 48.9 Å². The van der Waals surface area contributed by atoms with Crippen molar-refractivity contribution in [1.82, 2.24) is 0 Å². The van der Waals surface area contributed by atoms with Crippen LogP contribution < -0.4 is 14.9 Å². The standard InChI is InChI=1S/C17H19ClN2O2/c1-12(19-20-15-7-5-14(18)6-8-15)10-13-4-9-16(21-2)17(11-13)22-3/h4-9,11,20H,10H2,1-3H3/b19-12-. The van der Waals surface area contributed by atoms with Gasteiger partial charge in [0.2, 0.25) is 0 Å². The molecule has 2 aromatic carbocycles. The number of hydrogen-bond donors (Lipinski definition) is 1. The molecule has 0 aromatic heterocycles. The van der Waals surface area contributed by atoms with Gasteiger partial charge in [-0.25, -0.2) is 0 Å². The second kappa shape index (κ2) is 7.71. The molecule has 0 aliphatic heterocycles. The summed E-state index contributed by atoms with van der Waals surface area (Å²) in [5.41, 5.74) is 5.98. The number of anilines is 1. The Bertz CT molecular complexity index is 654. The first-order chi connectivity index (χ1) is 10.6. The van der Waals surface area contributed by atoms with Gasteiger partial charge in [0, 0.05) is 17.2 Å². The topological polar surface area (TPSA) is 42.8 Å². The lowest BCUT2D eigenvalue weighted by molar-refractivity contribution is 0.354. The third kappa shape index (κ3) is 4.40. The Hall–Kier alpha value is -2.20. The molecule has 0 fully saturated rings. The van der Waals surface area contributed by atoms with E-state index < -0.39 is 0 Å². The van der Waals surface area contributed by atoms with Gasteiger partial charge in [-0.3, -0.25) is 5.43 Å². The maximum atomic E-state index is 5.85. The van der Waals surface area contributed by atoms with Crippen LogP contribution in [0, 0.1) is 0 Å². The summed E-state index contributed by atoms with van der Waals surface area (Å²) in [6.45, 7) is 1.97. The molecule has 0 bridgehead atoms. The molecule has 0 spiro atoms. The average Bonchev–Trinajstić information content (AvgIpc) is 2.54. The minimum atomic E-state index is 0.705. The van der Waals surface area contributed by atoms with E-state index in [1.165, 1.54) is 0 Å². The third-order valence-corrected chi connectivity index (χ3v) is 3.38. The molecule has 2 aromatic rings. The van der Waals surface area contributed by atoms with Gasteiger partial charge in [-0.2, -0.15) is 5.10 Å². The van der Waals surface area contributed by atoms with Gasteiger partial charge < -0.3 is 9.47 Å². The molecule has 0 radical (unpaired) electrons. The number of methoxy groups -OCH3 is 2. The van der Waals surface area contributed by atoms with Crippen molar-refractivity contribution in [3.05, 3.63) is 53.1 Å². The van der Waals surface area contributed by atoms with E-state index in [1.807, 2.05) is 49.4 Å². The number of benzene rings is 2. The van der Waals surface area contributed by atoms with Crippen LogP contribution in [0.5, 0.6) is 11.5 Å². The van der Waals surface area contributed by atoms with Gasteiger partial charge in [0.05, 0.1) is 19.9 Å². The Labute approximate surface area is 135 Å². The molecule has 0 heterocycles. The molecule has 0 unspecified atom stereocenters. The monoisotopic (exact) mass is 318 g/mol. The van der Waals surface area contributed by atoms with Crippen molar-refractivity contribution in [2.75, 3.05) is 19.6 Å². The summed E-state index contributed by atoms with van der Waals surface area (Å²) in [6, 6.07) is 13.3. The van der Waals surface area contributed by atoms with Crippen molar-refractivity contribution in [2.45, 2.75) is 13.3 Å². The van der Waals surface area contributed by atoms with Gasteiger partial charge in [-0.1, -0.05) is 17.7 Å². The quantitative estimate of drug-likeness (QED) is 0.634. The molecule has 0 saturated heterocycles. The summed E-state index contributed by atoms with van der Waals surface area (Å²) < 4.78 is 10.5. The maximum Gasteiger partial charge on any atom is 0.160 e. The fourth-order valence-electron chi connectivity index (χ4n) is 2.01. The van der Waals surface area contributed by atoms with E-state index in [9.17, 15) is 0 Å². The zero-order valence-corrected chi connectivity index (χ0v) is 13.6. The fraction of sp³-hybridized carbons (Fsp3) is 0.235. The summed E-state index contributed by atoms with van der Waals surface area (Å²) in [6.07, 6.45) is 0.723. The minimum absolute atomic E-state index is 0.705. The second-order valence-electron chi connectivity index (χ2n) is 4.83. The van der Waals surface area contributed by atoms with Gasteiger partial charge in [0.1, 0.15) is 0 Å². The van der Waals surface area contributed by atoms with Crippen LogP contribution in [0.3, 0.4) is 0 Å². The van der Waals surface area contributed by atoms with Crippen molar-refractivity contribution in [3.63, 3.8) is 0 Å². The molecule has 116 valence electrons. The van der Waals surface area contributed by atoms with Crippen LogP contribution in [0.15, 0.2) is 47.6 Å². The Morgan fingerprint density at radius 3 is 2.36 bits per heavy atom. The van der Waals surface area contributed by atoms with Gasteiger partial charge >= 0.3 is 0 Å². The largest absolute Gasteiger partial charge is 0.493 e. The molecule has 0 amide bonds. The van der Waals surface area contributed by atoms with Crippen LogP contribution in [0.2, 0.25) is 5.02 Å². The lowest BCUT2D eigenvalue weighted by Crippen LogP contribution is -2.02. The number of nitrogens with one attached hydrogen (secondary N) is 1. The van der Waals surface area contributed by atoms with Crippen LogP contribution in [-0.4, -0.2) is 19.9 Å². The Morgan fingerprint density at radius 2 is 1.73 bits per heavy atom. The number of hydrogen-bond acceptors (Lipinski definition) is 4. The van der Waals surface area contributed by atoms with E-state index in [0.29, 0.717) is 5.02 Å². The van der Waals surface area contributed by atoms with Crippen molar-refractivity contribution in [1.29, 1.82) is 0 Å². The molecule has 0 atom stereocenters. The highest BCUT2D eigenvalue weighted by Gasteiger charge is 2.05. The molecule has 0 saturated carbocycles. The Balaban J connectivity index is 2.03. The van der Waals surface area contributed by atoms with Gasteiger partial charge in [-0.15, -0.1) is 0 Å². The van der Waals surface area contributed by atoms with E-state index in [2.05, 4.69) is 10.5 Å². The van der Waals surface area contributed by atoms with Crippen molar-refractivity contribution in [3.8, 4) is 11.5 Å². The molecule has 0 aliphatic rings. The smallest absolute Gasteiger partial charge is 0.160 e. The zero-order chi connectivity index (χ0) is 15.9. The highest BCUT2D eigenvalue weighted by atomic mass is 35.5. The van der Waals surface area contributed by atoms with E-state index >= 15 is 0 Å². The number of halogens is 1. The molecule has 1 N–H and O–H groups in total. The van der Waals surface area contributed by atoms with Crippen LogP contribution in [0.1, 0.15) is 12.5 Å². The number of ether oxygens (including phenoxy) is 2. The lowest BCUT2D eigenvalue weighted by atomic mass is 10.1. The summed E-state index contributed by atoms with van der Waals surface area (Å²) in [7, 11) is 3.25. The fourth-order valence-corrected chi connectivity index (χ4v) is 2.14. The maximum absolute atomic E-state index is 5.85.